The molecule has 0 radical (unpaired) electrons. The van der Waals surface area contributed by atoms with Gasteiger partial charge in [0.25, 0.3) is 5.91 Å². The minimum absolute atomic E-state index is 0.0148. The molecule has 0 aliphatic heterocycles. The van der Waals surface area contributed by atoms with E-state index in [0.29, 0.717) is 22.1 Å². The highest BCUT2D eigenvalue weighted by molar-refractivity contribution is 7.18. The van der Waals surface area contributed by atoms with Crippen LogP contribution in [-0.2, 0) is 16.1 Å². The number of esters is 2. The summed E-state index contributed by atoms with van der Waals surface area (Å²) in [5, 5.41) is 3.40. The number of carbonyl (C=O) groups excluding carboxylic acids is 3. The average Bonchev–Trinajstić information content (AvgIpc) is 3.37. The summed E-state index contributed by atoms with van der Waals surface area (Å²) in [5.41, 5.74) is 1.33. The molecular formula is C23H22ClNO7S. The predicted octanol–water partition coefficient (Wildman–Crippen LogP) is 5.41. The molecule has 0 unspecified atom stereocenters. The number of hydrogen-bond acceptors (Lipinski definition) is 8. The van der Waals surface area contributed by atoms with Crippen molar-refractivity contribution in [2.24, 2.45) is 0 Å². The van der Waals surface area contributed by atoms with E-state index in [1.807, 2.05) is 6.92 Å². The molecular weight excluding hydrogens is 470 g/mol. The van der Waals surface area contributed by atoms with Crippen LogP contribution < -0.4 is 10.1 Å². The molecule has 0 spiro atoms. The third kappa shape index (κ3) is 5.55. The average molecular weight is 492 g/mol. The zero-order valence-corrected chi connectivity index (χ0v) is 20.0. The van der Waals surface area contributed by atoms with Gasteiger partial charge < -0.3 is 23.9 Å². The van der Waals surface area contributed by atoms with Crippen LogP contribution >= 0.6 is 22.9 Å². The Kier molecular flexibility index (Phi) is 7.78. The van der Waals surface area contributed by atoms with Gasteiger partial charge in [-0.1, -0.05) is 11.6 Å². The maximum Gasteiger partial charge on any atom is 0.348 e. The normalized spacial score (nSPS) is 10.6. The van der Waals surface area contributed by atoms with E-state index in [9.17, 15) is 14.4 Å². The summed E-state index contributed by atoms with van der Waals surface area (Å²) in [5.74, 6) is -0.767. The Balaban J connectivity index is 1.76. The van der Waals surface area contributed by atoms with Gasteiger partial charge in [-0.2, -0.15) is 0 Å². The van der Waals surface area contributed by atoms with Crippen LogP contribution in [0.4, 0.5) is 5.00 Å². The van der Waals surface area contributed by atoms with E-state index in [0.717, 1.165) is 16.9 Å². The monoisotopic (exact) mass is 491 g/mol. The van der Waals surface area contributed by atoms with Crippen LogP contribution in [0.25, 0.3) is 0 Å². The van der Waals surface area contributed by atoms with Gasteiger partial charge >= 0.3 is 11.9 Å². The van der Waals surface area contributed by atoms with E-state index in [1.54, 1.807) is 38.1 Å². The highest BCUT2D eigenvalue weighted by Crippen LogP contribution is 2.34. The topological polar surface area (TPSA) is 104 Å². The van der Waals surface area contributed by atoms with Gasteiger partial charge in [0.1, 0.15) is 28.0 Å². The Morgan fingerprint density at radius 1 is 1.12 bits per heavy atom. The SMILES string of the molecule is CCOC(=O)c1sc(NC(=O)c2ccc(COc3ccc(Cl)cc3C)o2)c(C(=O)OC)c1C. The quantitative estimate of drug-likeness (QED) is 0.420. The number of methoxy groups -OCH3 is 1. The van der Waals surface area contributed by atoms with Crippen LogP contribution in [0.1, 0.15) is 54.4 Å². The van der Waals surface area contributed by atoms with E-state index < -0.39 is 17.8 Å². The molecule has 3 aromatic rings. The summed E-state index contributed by atoms with van der Waals surface area (Å²) in [6.07, 6.45) is 0. The number of thiophene rings is 1. The molecule has 1 amide bonds. The molecule has 33 heavy (non-hydrogen) atoms. The van der Waals surface area contributed by atoms with E-state index in [1.165, 1.54) is 13.2 Å². The van der Waals surface area contributed by atoms with Crippen LogP contribution in [0, 0.1) is 13.8 Å². The van der Waals surface area contributed by atoms with E-state index in [4.69, 9.17) is 30.2 Å². The summed E-state index contributed by atoms with van der Waals surface area (Å²) in [6, 6.07) is 8.36. The zero-order chi connectivity index (χ0) is 24.1. The molecule has 8 nitrogen and oxygen atoms in total. The molecule has 2 heterocycles. The maximum absolute atomic E-state index is 12.8. The van der Waals surface area contributed by atoms with Crippen molar-refractivity contribution in [2.75, 3.05) is 19.0 Å². The second kappa shape index (κ2) is 10.5. The Bertz CT molecular complexity index is 1200. The molecule has 3 rings (SSSR count). The summed E-state index contributed by atoms with van der Waals surface area (Å²) in [7, 11) is 1.22. The third-order valence-electron chi connectivity index (χ3n) is 4.62. The van der Waals surface area contributed by atoms with Crippen molar-refractivity contribution in [1.29, 1.82) is 0 Å². The minimum atomic E-state index is -0.679. The van der Waals surface area contributed by atoms with Gasteiger partial charge in [0, 0.05) is 5.02 Å². The predicted molar refractivity (Wildman–Crippen MR) is 124 cm³/mol. The summed E-state index contributed by atoms with van der Waals surface area (Å²) in [6.45, 7) is 5.42. The lowest BCUT2D eigenvalue weighted by Gasteiger charge is -2.08. The van der Waals surface area contributed by atoms with Crippen LogP contribution in [0.15, 0.2) is 34.7 Å². The van der Waals surface area contributed by atoms with Crippen molar-refractivity contribution in [2.45, 2.75) is 27.4 Å². The molecule has 1 aromatic carbocycles. The first-order valence-corrected chi connectivity index (χ1v) is 11.1. The molecule has 0 bridgehead atoms. The van der Waals surface area contributed by atoms with Crippen LogP contribution in [0.2, 0.25) is 5.02 Å². The summed E-state index contributed by atoms with van der Waals surface area (Å²) in [4.78, 5) is 37.4. The summed E-state index contributed by atoms with van der Waals surface area (Å²) < 4.78 is 21.2. The Hall–Kier alpha value is -3.30. The lowest BCUT2D eigenvalue weighted by molar-refractivity contribution is 0.0531. The first kappa shape index (κ1) is 24.3. The third-order valence-corrected chi connectivity index (χ3v) is 6.04. The maximum atomic E-state index is 12.8. The number of furan rings is 1. The molecule has 10 heteroatoms. The lowest BCUT2D eigenvalue weighted by Crippen LogP contribution is -2.13. The van der Waals surface area contributed by atoms with Gasteiger partial charge in [-0.25, -0.2) is 9.59 Å². The van der Waals surface area contributed by atoms with Crippen molar-refractivity contribution >= 4 is 45.8 Å². The molecule has 0 aliphatic rings. The Morgan fingerprint density at radius 2 is 1.88 bits per heavy atom. The number of ether oxygens (including phenoxy) is 3. The fraction of sp³-hybridized carbons (Fsp3) is 0.261. The lowest BCUT2D eigenvalue weighted by atomic mass is 10.1. The Labute approximate surface area is 199 Å². The van der Waals surface area contributed by atoms with Gasteiger partial charge in [0.05, 0.1) is 19.3 Å². The number of hydrogen-bond donors (Lipinski definition) is 1. The van der Waals surface area contributed by atoms with E-state index >= 15 is 0 Å². The van der Waals surface area contributed by atoms with Crippen molar-refractivity contribution in [3.63, 3.8) is 0 Å². The fourth-order valence-corrected chi connectivity index (χ4v) is 4.32. The van der Waals surface area contributed by atoms with Gasteiger partial charge in [-0.05, 0) is 62.2 Å². The number of amides is 1. The molecule has 2 aromatic heterocycles. The Morgan fingerprint density at radius 3 is 2.55 bits per heavy atom. The second-order valence-electron chi connectivity index (χ2n) is 6.89. The van der Waals surface area contributed by atoms with Gasteiger partial charge in [0.2, 0.25) is 0 Å². The first-order valence-electron chi connectivity index (χ1n) is 9.93. The molecule has 0 atom stereocenters. The number of nitrogens with one attached hydrogen (secondary N) is 1. The number of anilines is 1. The fourth-order valence-electron chi connectivity index (χ4n) is 3.01. The number of benzene rings is 1. The highest BCUT2D eigenvalue weighted by Gasteiger charge is 2.27. The van der Waals surface area contributed by atoms with Crippen molar-refractivity contribution in [3.8, 4) is 5.75 Å². The van der Waals surface area contributed by atoms with Crippen molar-refractivity contribution in [1.82, 2.24) is 0 Å². The first-order chi connectivity index (χ1) is 15.7. The van der Waals surface area contributed by atoms with Crippen molar-refractivity contribution < 1.29 is 33.0 Å². The number of aryl methyl sites for hydroxylation is 1. The number of halogens is 1. The van der Waals surface area contributed by atoms with Crippen molar-refractivity contribution in [3.05, 3.63) is 68.4 Å². The standard InChI is InChI=1S/C23H22ClNO7S/c1-5-30-23(28)19-13(3)18(22(27)29-4)21(33-19)25-20(26)17-9-7-15(32-17)11-31-16-8-6-14(24)10-12(16)2/h6-10H,5,11H2,1-4H3,(H,25,26). The summed E-state index contributed by atoms with van der Waals surface area (Å²) >= 11 is 6.88. The molecule has 1 N–H and O–H groups in total. The second-order valence-corrected chi connectivity index (χ2v) is 8.35. The molecule has 0 saturated carbocycles. The number of rotatable bonds is 8. The van der Waals surface area contributed by atoms with Gasteiger partial charge in [-0.15, -0.1) is 11.3 Å². The smallest absolute Gasteiger partial charge is 0.348 e. The largest absolute Gasteiger partial charge is 0.485 e. The van der Waals surface area contributed by atoms with Crippen LogP contribution in [0.3, 0.4) is 0 Å². The zero-order valence-electron chi connectivity index (χ0n) is 18.4. The van der Waals surface area contributed by atoms with Crippen LogP contribution in [-0.4, -0.2) is 31.6 Å². The van der Waals surface area contributed by atoms with E-state index in [-0.39, 0.29) is 34.4 Å². The van der Waals surface area contributed by atoms with Gasteiger partial charge in [-0.3, -0.25) is 4.79 Å². The molecule has 0 fully saturated rings. The van der Waals surface area contributed by atoms with E-state index in [2.05, 4.69) is 5.32 Å². The molecule has 174 valence electrons. The van der Waals surface area contributed by atoms with Gasteiger partial charge in [0.15, 0.2) is 5.76 Å². The number of carbonyl (C=O) groups is 3. The highest BCUT2D eigenvalue weighted by atomic mass is 35.5. The van der Waals surface area contributed by atoms with Crippen LogP contribution in [0.5, 0.6) is 5.75 Å². The minimum Gasteiger partial charge on any atom is -0.485 e. The molecule has 0 saturated heterocycles. The molecule has 0 aliphatic carbocycles.